The summed E-state index contributed by atoms with van der Waals surface area (Å²) in [5.74, 6) is 4.65. The third kappa shape index (κ3) is 1.76. The molecule has 25 heavy (non-hydrogen) atoms. The lowest BCUT2D eigenvalue weighted by atomic mass is 9.33. The van der Waals surface area contributed by atoms with Gasteiger partial charge in [0.05, 0.1) is 5.41 Å². The monoisotopic (exact) mass is 344 g/mol. The van der Waals surface area contributed by atoms with E-state index >= 15 is 0 Å². The van der Waals surface area contributed by atoms with Gasteiger partial charge in [-0.15, -0.1) is 0 Å². The van der Waals surface area contributed by atoms with E-state index < -0.39 is 0 Å². The molecule has 1 spiro atoms. The predicted octanol–water partition coefficient (Wildman–Crippen LogP) is 5.60. The first-order valence-corrected chi connectivity index (χ1v) is 10.9. The van der Waals surface area contributed by atoms with Gasteiger partial charge >= 0.3 is 5.97 Å². The molecule has 0 radical (unpaired) electrons. The maximum Gasteiger partial charge on any atom is 0.312 e. The van der Waals surface area contributed by atoms with Crippen LogP contribution in [0.3, 0.4) is 0 Å². The number of fused-ring (bicyclic) bond motifs is 1. The highest BCUT2D eigenvalue weighted by atomic mass is 16.6. The Kier molecular flexibility index (Phi) is 3.09. The second-order valence-corrected chi connectivity index (χ2v) is 11.6. The Labute approximate surface area is 153 Å². The topological polar surface area (TPSA) is 26.3 Å². The van der Waals surface area contributed by atoms with E-state index in [4.69, 9.17) is 4.74 Å². The van der Waals surface area contributed by atoms with Gasteiger partial charge in [-0.05, 0) is 114 Å². The van der Waals surface area contributed by atoms with Gasteiger partial charge in [0.1, 0.15) is 5.60 Å². The fraction of sp³-hybridized carbons (Fsp3) is 0.957. The molecular weight excluding hydrogens is 308 g/mol. The van der Waals surface area contributed by atoms with Crippen LogP contribution in [0.5, 0.6) is 0 Å². The van der Waals surface area contributed by atoms with Crippen LogP contribution in [-0.4, -0.2) is 11.6 Å². The van der Waals surface area contributed by atoms with Gasteiger partial charge in [-0.1, -0.05) is 6.92 Å². The Hall–Kier alpha value is -0.530. The molecule has 6 saturated carbocycles. The third-order valence-electron chi connectivity index (χ3n) is 10.1. The Morgan fingerprint density at radius 1 is 1.00 bits per heavy atom. The number of carbonyl (C=O) groups is 1. The molecule has 5 bridgehead atoms. The Morgan fingerprint density at radius 2 is 1.72 bits per heavy atom. The van der Waals surface area contributed by atoms with Crippen molar-refractivity contribution in [2.45, 2.75) is 91.6 Å². The van der Waals surface area contributed by atoms with Crippen LogP contribution in [0.4, 0.5) is 0 Å². The summed E-state index contributed by atoms with van der Waals surface area (Å²) in [4.78, 5) is 13.0. The summed E-state index contributed by atoms with van der Waals surface area (Å²) in [5.41, 5.74) is 0.0867. The smallest absolute Gasteiger partial charge is 0.312 e. The first kappa shape index (κ1) is 16.6. The van der Waals surface area contributed by atoms with Crippen molar-refractivity contribution in [3.63, 3.8) is 0 Å². The summed E-state index contributed by atoms with van der Waals surface area (Å²) in [6, 6.07) is 0. The Balaban J connectivity index is 1.55. The minimum atomic E-state index is -0.367. The number of hydrogen-bond acceptors (Lipinski definition) is 2. The molecule has 0 aliphatic heterocycles. The number of carbonyl (C=O) groups excluding carboxylic acids is 1. The zero-order valence-electron chi connectivity index (χ0n) is 16.9. The molecular formula is C23H36O2. The van der Waals surface area contributed by atoms with Gasteiger partial charge in [0.25, 0.3) is 0 Å². The van der Waals surface area contributed by atoms with E-state index in [1.807, 2.05) is 13.8 Å². The van der Waals surface area contributed by atoms with E-state index in [-0.39, 0.29) is 22.4 Å². The zero-order valence-corrected chi connectivity index (χ0v) is 16.9. The fourth-order valence-corrected chi connectivity index (χ4v) is 9.13. The number of esters is 1. The molecule has 6 fully saturated rings. The lowest BCUT2D eigenvalue weighted by Crippen LogP contribution is -2.70. The minimum Gasteiger partial charge on any atom is -0.459 e. The summed E-state index contributed by atoms with van der Waals surface area (Å²) in [6.07, 6.45) is 10.9. The highest BCUT2D eigenvalue weighted by molar-refractivity contribution is 5.76. The van der Waals surface area contributed by atoms with Crippen molar-refractivity contribution in [3.8, 4) is 0 Å². The van der Waals surface area contributed by atoms with Crippen LogP contribution in [-0.2, 0) is 9.53 Å². The molecule has 2 heteroatoms. The molecule has 6 rings (SSSR count). The second kappa shape index (κ2) is 4.65. The lowest BCUT2D eigenvalue weighted by Gasteiger charge is -2.72. The molecule has 0 saturated heterocycles. The highest BCUT2D eigenvalue weighted by Gasteiger charge is 2.79. The molecule has 6 aliphatic rings. The maximum atomic E-state index is 13.0. The molecule has 140 valence electrons. The maximum absolute atomic E-state index is 13.0. The van der Waals surface area contributed by atoms with E-state index in [0.29, 0.717) is 5.41 Å². The van der Waals surface area contributed by atoms with Gasteiger partial charge in [0.15, 0.2) is 0 Å². The number of hydrogen-bond donors (Lipinski definition) is 0. The van der Waals surface area contributed by atoms with Crippen molar-refractivity contribution in [1.29, 1.82) is 0 Å². The molecule has 0 aromatic heterocycles. The lowest BCUT2D eigenvalue weighted by molar-refractivity contribution is -0.277. The average Bonchev–Trinajstić information content (AvgIpc) is 3.06. The van der Waals surface area contributed by atoms with Gasteiger partial charge in [0, 0.05) is 5.41 Å². The van der Waals surface area contributed by atoms with Crippen molar-refractivity contribution >= 4 is 5.97 Å². The summed E-state index contributed by atoms with van der Waals surface area (Å²) in [6.45, 7) is 10.8. The highest BCUT2D eigenvalue weighted by Crippen LogP contribution is 2.84. The standard InChI is InChI=1S/C23H36O2/c1-6-20(2,3)19(24)25-21(4,5)23-13-15-9-18-16-7-14(8-17(23)10-16)11-22(18,23)12-15/h14-18H,6-13H2,1-5H3. The van der Waals surface area contributed by atoms with Gasteiger partial charge in [-0.2, -0.15) is 0 Å². The second-order valence-electron chi connectivity index (χ2n) is 11.6. The molecule has 6 aliphatic carbocycles. The molecule has 7 atom stereocenters. The molecule has 2 nitrogen and oxygen atoms in total. The van der Waals surface area contributed by atoms with Crippen LogP contribution in [0.25, 0.3) is 0 Å². The van der Waals surface area contributed by atoms with Gasteiger partial charge in [-0.25, -0.2) is 0 Å². The quantitative estimate of drug-likeness (QED) is 0.621. The van der Waals surface area contributed by atoms with E-state index in [0.717, 1.165) is 36.0 Å². The van der Waals surface area contributed by atoms with E-state index in [1.54, 1.807) is 0 Å². The van der Waals surface area contributed by atoms with Crippen LogP contribution in [0.15, 0.2) is 0 Å². The van der Waals surface area contributed by atoms with Crippen LogP contribution < -0.4 is 0 Å². The SMILES string of the molecule is CCC(C)(C)C(=O)OC(C)(C)C12CC3CC4C5CC(CC1C5)CC42C3. The zero-order chi connectivity index (χ0) is 17.8. The molecule has 0 aromatic carbocycles. The van der Waals surface area contributed by atoms with E-state index in [2.05, 4.69) is 20.8 Å². The van der Waals surface area contributed by atoms with Crippen molar-refractivity contribution in [3.05, 3.63) is 0 Å². The van der Waals surface area contributed by atoms with Gasteiger partial charge in [0.2, 0.25) is 0 Å². The molecule has 0 amide bonds. The van der Waals surface area contributed by atoms with Crippen LogP contribution in [0, 0.1) is 45.8 Å². The van der Waals surface area contributed by atoms with Gasteiger partial charge in [-0.3, -0.25) is 4.79 Å². The Bertz CT molecular complexity index is 620. The van der Waals surface area contributed by atoms with E-state index in [1.165, 1.54) is 44.9 Å². The first-order chi connectivity index (χ1) is 11.7. The minimum absolute atomic E-state index is 0.0268. The van der Waals surface area contributed by atoms with Crippen molar-refractivity contribution < 1.29 is 9.53 Å². The van der Waals surface area contributed by atoms with Crippen molar-refractivity contribution in [2.75, 3.05) is 0 Å². The third-order valence-corrected chi connectivity index (χ3v) is 10.1. The first-order valence-electron chi connectivity index (χ1n) is 10.9. The average molecular weight is 345 g/mol. The summed E-state index contributed by atoms with van der Waals surface area (Å²) >= 11 is 0. The number of ether oxygens (including phenoxy) is 1. The largest absolute Gasteiger partial charge is 0.459 e. The molecule has 0 N–H and O–H groups in total. The van der Waals surface area contributed by atoms with Crippen LogP contribution in [0.1, 0.15) is 86.0 Å². The normalized spacial score (nSPS) is 49.7. The molecule has 7 unspecified atom stereocenters. The molecule has 0 heterocycles. The van der Waals surface area contributed by atoms with Crippen LogP contribution in [0.2, 0.25) is 0 Å². The summed E-state index contributed by atoms with van der Waals surface area (Å²) in [5, 5.41) is 0. The van der Waals surface area contributed by atoms with Crippen molar-refractivity contribution in [2.24, 2.45) is 45.8 Å². The van der Waals surface area contributed by atoms with Crippen LogP contribution >= 0.6 is 0 Å². The summed E-state index contributed by atoms with van der Waals surface area (Å²) < 4.78 is 6.45. The number of rotatable bonds is 4. The predicted molar refractivity (Wildman–Crippen MR) is 98.9 cm³/mol. The molecule has 0 aromatic rings. The van der Waals surface area contributed by atoms with Crippen molar-refractivity contribution in [1.82, 2.24) is 0 Å². The van der Waals surface area contributed by atoms with Gasteiger partial charge < -0.3 is 4.74 Å². The summed E-state index contributed by atoms with van der Waals surface area (Å²) in [7, 11) is 0. The fourth-order valence-electron chi connectivity index (χ4n) is 9.13. The van der Waals surface area contributed by atoms with E-state index in [9.17, 15) is 4.79 Å². The Morgan fingerprint density at radius 3 is 2.44 bits per heavy atom.